The molecule has 0 aromatic carbocycles. The summed E-state index contributed by atoms with van der Waals surface area (Å²) in [6, 6.07) is 0. The number of aliphatic hydroxyl groups is 1. The normalized spacial score (nSPS) is 69.1. The van der Waals surface area contributed by atoms with Crippen LogP contribution in [0.2, 0.25) is 0 Å². The van der Waals surface area contributed by atoms with E-state index in [-0.39, 0.29) is 34.0 Å². The van der Waals surface area contributed by atoms with Gasteiger partial charge in [-0.15, -0.1) is 11.6 Å². The minimum Gasteiger partial charge on any atom is -0.393 e. The highest BCUT2D eigenvalue weighted by molar-refractivity contribution is 6.21. The van der Waals surface area contributed by atoms with Gasteiger partial charge in [0.2, 0.25) is 0 Å². The minimum absolute atomic E-state index is 0.0187. The zero-order chi connectivity index (χ0) is 16.6. The van der Waals surface area contributed by atoms with Crippen LogP contribution < -0.4 is 0 Å². The molecule has 0 aromatic rings. The van der Waals surface area contributed by atoms with Crippen molar-refractivity contribution in [3.63, 3.8) is 0 Å². The minimum atomic E-state index is -0.238. The Hall–Kier alpha value is -0.120. The molecule has 0 unspecified atom stereocenters. The molecule has 132 valence electrons. The lowest BCUT2D eigenvalue weighted by atomic mass is 9.44. The van der Waals surface area contributed by atoms with Crippen molar-refractivity contribution in [1.82, 2.24) is 0 Å². The molecular formula is C20H27ClO3. The molecule has 5 aliphatic carbocycles. The predicted octanol–water partition coefficient (Wildman–Crippen LogP) is 3.16. The van der Waals surface area contributed by atoms with E-state index < -0.39 is 0 Å². The average Bonchev–Trinajstić information content (AvgIpc) is 3.43. The molecule has 0 bridgehead atoms. The number of hydrogen-bond acceptors (Lipinski definition) is 3. The Bertz CT molecular complexity index is 651. The van der Waals surface area contributed by atoms with E-state index in [4.69, 9.17) is 16.3 Å². The van der Waals surface area contributed by atoms with Crippen LogP contribution in [0.4, 0.5) is 0 Å². The third kappa shape index (κ3) is 1.39. The molecule has 6 rings (SSSR count). The van der Waals surface area contributed by atoms with Gasteiger partial charge in [0.15, 0.2) is 0 Å². The molecule has 1 saturated heterocycles. The lowest BCUT2D eigenvalue weighted by Gasteiger charge is -2.59. The monoisotopic (exact) mass is 350 g/mol. The van der Waals surface area contributed by atoms with Crippen molar-refractivity contribution in [2.75, 3.05) is 0 Å². The lowest BCUT2D eigenvalue weighted by Crippen LogP contribution is -2.62. The van der Waals surface area contributed by atoms with Gasteiger partial charge in [0.1, 0.15) is 17.5 Å². The van der Waals surface area contributed by atoms with E-state index in [0.717, 1.165) is 38.5 Å². The van der Waals surface area contributed by atoms with Crippen molar-refractivity contribution < 1.29 is 14.6 Å². The quantitative estimate of drug-likeness (QED) is 0.539. The summed E-state index contributed by atoms with van der Waals surface area (Å²) < 4.78 is 6.33. The van der Waals surface area contributed by atoms with Crippen LogP contribution in [0.25, 0.3) is 0 Å². The smallest absolute Gasteiger partial charge is 0.142 e. The van der Waals surface area contributed by atoms with Crippen LogP contribution in [0.15, 0.2) is 0 Å². The Kier molecular flexibility index (Phi) is 2.54. The lowest BCUT2D eigenvalue weighted by molar-refractivity contribution is -0.142. The summed E-state index contributed by atoms with van der Waals surface area (Å²) >= 11 is 7.05. The number of epoxide rings is 1. The van der Waals surface area contributed by atoms with Crippen molar-refractivity contribution in [3.8, 4) is 0 Å². The van der Waals surface area contributed by atoms with Gasteiger partial charge in [-0.25, -0.2) is 0 Å². The number of ether oxygens (including phenoxy) is 1. The second kappa shape index (κ2) is 4.07. The third-order valence-corrected chi connectivity index (χ3v) is 10.0. The number of hydrogen-bond donors (Lipinski definition) is 1. The summed E-state index contributed by atoms with van der Waals surface area (Å²) in [5, 5.41) is 10.3. The van der Waals surface area contributed by atoms with E-state index in [1.807, 2.05) is 0 Å². The largest absolute Gasteiger partial charge is 0.393 e. The van der Waals surface area contributed by atoms with Crippen molar-refractivity contribution in [3.05, 3.63) is 0 Å². The van der Waals surface area contributed by atoms with E-state index in [2.05, 4.69) is 13.8 Å². The highest BCUT2D eigenvalue weighted by Gasteiger charge is 2.81. The molecule has 3 nitrogen and oxygen atoms in total. The van der Waals surface area contributed by atoms with Crippen LogP contribution in [0.5, 0.6) is 0 Å². The van der Waals surface area contributed by atoms with Gasteiger partial charge >= 0.3 is 0 Å². The van der Waals surface area contributed by atoms with Crippen molar-refractivity contribution in [2.45, 2.75) is 75.6 Å². The van der Waals surface area contributed by atoms with Crippen molar-refractivity contribution in [2.24, 2.45) is 40.4 Å². The number of Topliss-reactive ketones (excluding diaryl/α,β-unsaturated/α-hetero) is 1. The fourth-order valence-electron chi connectivity index (χ4n) is 8.24. The summed E-state index contributed by atoms with van der Waals surface area (Å²) in [6.45, 7) is 4.64. The number of fused-ring (bicyclic) bond motifs is 6. The maximum atomic E-state index is 12.9. The molecule has 11 atom stereocenters. The first-order chi connectivity index (χ1) is 11.3. The maximum Gasteiger partial charge on any atom is 0.142 e. The van der Waals surface area contributed by atoms with Gasteiger partial charge in [0.05, 0.1) is 11.5 Å². The Balaban J connectivity index is 1.45. The van der Waals surface area contributed by atoms with Crippen LogP contribution in [0.3, 0.4) is 0 Å². The van der Waals surface area contributed by atoms with Crippen LogP contribution in [-0.4, -0.2) is 34.1 Å². The van der Waals surface area contributed by atoms with E-state index in [1.54, 1.807) is 0 Å². The summed E-state index contributed by atoms with van der Waals surface area (Å²) in [7, 11) is 0. The molecule has 6 fully saturated rings. The molecule has 0 aromatic heterocycles. The Morgan fingerprint density at radius 1 is 1.25 bits per heavy atom. The molecule has 4 heteroatoms. The number of carbonyl (C=O) groups is 1. The number of ketones is 1. The van der Waals surface area contributed by atoms with Gasteiger partial charge in [0.25, 0.3) is 0 Å². The predicted molar refractivity (Wildman–Crippen MR) is 89.6 cm³/mol. The van der Waals surface area contributed by atoms with Gasteiger partial charge in [0, 0.05) is 23.2 Å². The second-order valence-corrected chi connectivity index (χ2v) is 10.7. The van der Waals surface area contributed by atoms with Crippen molar-refractivity contribution in [1.29, 1.82) is 0 Å². The second-order valence-electron chi connectivity index (χ2n) is 10.2. The van der Waals surface area contributed by atoms with E-state index in [1.165, 1.54) is 0 Å². The first-order valence-corrected chi connectivity index (χ1v) is 10.3. The Morgan fingerprint density at radius 2 is 2.04 bits per heavy atom. The summed E-state index contributed by atoms with van der Waals surface area (Å²) in [4.78, 5) is 12.9. The summed E-state index contributed by atoms with van der Waals surface area (Å²) in [6.07, 6.45) is 5.79. The van der Waals surface area contributed by atoms with E-state index in [9.17, 15) is 9.90 Å². The van der Waals surface area contributed by atoms with Crippen LogP contribution in [0.1, 0.15) is 52.4 Å². The van der Waals surface area contributed by atoms with E-state index in [0.29, 0.717) is 35.4 Å². The van der Waals surface area contributed by atoms with Crippen LogP contribution >= 0.6 is 11.6 Å². The molecule has 1 heterocycles. The SMILES string of the molecule is C[C@]12CC[C@H]3[C@@H]([C@H](Cl)[C@H]4O[C@]45C[C@@H](O)CC[C@]35C)[C@@H]1[C@@H]1C[C@@H]1C2=O. The molecular weight excluding hydrogens is 324 g/mol. The Morgan fingerprint density at radius 3 is 2.83 bits per heavy atom. The number of rotatable bonds is 0. The van der Waals surface area contributed by atoms with Crippen LogP contribution in [-0.2, 0) is 9.53 Å². The molecule has 0 amide bonds. The summed E-state index contributed by atoms with van der Waals surface area (Å²) in [5.74, 6) is 2.93. The zero-order valence-corrected chi connectivity index (χ0v) is 15.3. The number of alkyl halides is 1. The number of halogens is 1. The molecule has 6 aliphatic rings. The topological polar surface area (TPSA) is 49.8 Å². The molecule has 1 aliphatic heterocycles. The molecule has 0 radical (unpaired) electrons. The van der Waals surface area contributed by atoms with Gasteiger partial charge in [-0.2, -0.15) is 0 Å². The first-order valence-electron chi connectivity index (χ1n) is 9.88. The standard InChI is InChI=1S/C20H27ClO3/c1-18-5-4-12-13(14(18)10-7-11(10)16(18)23)15(21)17-20(24-17)8-9(22)3-6-19(12,20)2/h9-15,17,22H,3-8H2,1-2H3/t9-,10+,11-,12-,13+,14-,15-,17+,18-,19+,20+/m0/s1. The van der Waals surface area contributed by atoms with Gasteiger partial charge in [-0.3, -0.25) is 4.79 Å². The average molecular weight is 351 g/mol. The number of aliphatic hydroxyl groups excluding tert-OH is 1. The molecule has 1 N–H and O–H groups in total. The molecule has 24 heavy (non-hydrogen) atoms. The highest BCUT2D eigenvalue weighted by Crippen LogP contribution is 2.77. The number of carbonyl (C=O) groups excluding carboxylic acids is 1. The molecule has 5 saturated carbocycles. The maximum absolute atomic E-state index is 12.9. The fraction of sp³-hybridized carbons (Fsp3) is 0.950. The van der Waals surface area contributed by atoms with Crippen molar-refractivity contribution >= 4 is 17.4 Å². The van der Waals surface area contributed by atoms with E-state index >= 15 is 0 Å². The zero-order valence-electron chi connectivity index (χ0n) is 14.5. The van der Waals surface area contributed by atoms with Crippen LogP contribution in [0, 0.1) is 40.4 Å². The first kappa shape index (κ1) is 15.0. The highest BCUT2D eigenvalue weighted by atomic mass is 35.5. The molecule has 1 spiro atoms. The third-order valence-electron chi connectivity index (χ3n) is 9.51. The van der Waals surface area contributed by atoms with Gasteiger partial charge < -0.3 is 9.84 Å². The van der Waals surface area contributed by atoms with Gasteiger partial charge in [-0.1, -0.05) is 13.8 Å². The summed E-state index contributed by atoms with van der Waals surface area (Å²) in [5.41, 5.74) is -0.177. The Labute approximate surface area is 148 Å². The fourth-order valence-corrected chi connectivity index (χ4v) is 8.82. The van der Waals surface area contributed by atoms with Gasteiger partial charge in [-0.05, 0) is 55.8 Å².